The van der Waals surface area contributed by atoms with Crippen LogP contribution in [0, 0.1) is 29.6 Å². The maximum atomic E-state index is 11.3. The van der Waals surface area contributed by atoms with E-state index >= 15 is 0 Å². The molecule has 96 valence electrons. The van der Waals surface area contributed by atoms with Gasteiger partial charge in [0.1, 0.15) is 0 Å². The van der Waals surface area contributed by atoms with E-state index in [1.54, 1.807) is 0 Å². The van der Waals surface area contributed by atoms with Crippen LogP contribution in [0.4, 0.5) is 0 Å². The Morgan fingerprint density at radius 1 is 0.882 bits per heavy atom. The van der Waals surface area contributed by atoms with Crippen LogP contribution in [0.5, 0.6) is 0 Å². The van der Waals surface area contributed by atoms with Gasteiger partial charge in [0.15, 0.2) is 0 Å². The van der Waals surface area contributed by atoms with Crippen molar-refractivity contribution in [3.05, 3.63) is 0 Å². The van der Waals surface area contributed by atoms with Gasteiger partial charge in [-0.25, -0.2) is 0 Å². The van der Waals surface area contributed by atoms with Gasteiger partial charge in [0.2, 0.25) is 0 Å². The average molecular weight is 236 g/mol. The zero-order valence-corrected chi connectivity index (χ0v) is 10.6. The zero-order chi connectivity index (χ0) is 11.5. The van der Waals surface area contributed by atoms with Crippen molar-refractivity contribution in [2.24, 2.45) is 29.6 Å². The van der Waals surface area contributed by atoms with Crippen molar-refractivity contribution < 1.29 is 9.84 Å². The molecule has 1 heterocycles. The third-order valence-corrected chi connectivity index (χ3v) is 6.26. The van der Waals surface area contributed by atoms with Crippen LogP contribution in [0.25, 0.3) is 0 Å². The smallest absolute Gasteiger partial charge is 0.0754 e. The van der Waals surface area contributed by atoms with Gasteiger partial charge in [-0.2, -0.15) is 0 Å². The first kappa shape index (κ1) is 10.8. The standard InChI is InChI=1S/C15H24O2/c16-15(12-2-1-3-17-9-12)13-5-10-4-11(7-13)8-14(15)6-10/h10-14,16H,1-9H2. The first-order chi connectivity index (χ1) is 8.27. The molecule has 4 saturated carbocycles. The van der Waals surface area contributed by atoms with Gasteiger partial charge in [-0.3, -0.25) is 0 Å². The van der Waals surface area contributed by atoms with Crippen molar-refractivity contribution in [2.45, 2.75) is 50.5 Å². The Morgan fingerprint density at radius 3 is 2.06 bits per heavy atom. The Balaban J connectivity index is 1.63. The van der Waals surface area contributed by atoms with Gasteiger partial charge in [-0.1, -0.05) is 0 Å². The minimum absolute atomic E-state index is 0.353. The Morgan fingerprint density at radius 2 is 1.53 bits per heavy atom. The van der Waals surface area contributed by atoms with Crippen molar-refractivity contribution >= 4 is 0 Å². The van der Waals surface area contributed by atoms with Crippen LogP contribution in [0.1, 0.15) is 44.9 Å². The lowest BCUT2D eigenvalue weighted by Gasteiger charge is -2.61. The third-order valence-electron chi connectivity index (χ3n) is 6.26. The highest BCUT2D eigenvalue weighted by Gasteiger charge is 2.59. The predicted molar refractivity (Wildman–Crippen MR) is 65.5 cm³/mol. The molecule has 2 nitrogen and oxygen atoms in total. The summed E-state index contributed by atoms with van der Waals surface area (Å²) in [6.45, 7) is 1.73. The Hall–Kier alpha value is -0.0800. The lowest BCUT2D eigenvalue weighted by atomic mass is 9.47. The molecule has 1 N–H and O–H groups in total. The van der Waals surface area contributed by atoms with E-state index in [1.165, 1.54) is 38.5 Å². The zero-order valence-electron chi connectivity index (χ0n) is 10.6. The van der Waals surface area contributed by atoms with E-state index < -0.39 is 0 Å². The summed E-state index contributed by atoms with van der Waals surface area (Å²) < 4.78 is 5.64. The molecule has 5 rings (SSSR count). The van der Waals surface area contributed by atoms with Crippen LogP contribution < -0.4 is 0 Å². The monoisotopic (exact) mass is 236 g/mol. The van der Waals surface area contributed by atoms with Crippen molar-refractivity contribution in [3.63, 3.8) is 0 Å². The van der Waals surface area contributed by atoms with Crippen LogP contribution in [0.15, 0.2) is 0 Å². The van der Waals surface area contributed by atoms with E-state index in [0.717, 1.165) is 31.5 Å². The quantitative estimate of drug-likeness (QED) is 0.758. The van der Waals surface area contributed by atoms with Crippen molar-refractivity contribution in [1.82, 2.24) is 0 Å². The van der Waals surface area contributed by atoms with Gasteiger partial charge < -0.3 is 9.84 Å². The molecule has 0 aromatic rings. The van der Waals surface area contributed by atoms with Gasteiger partial charge in [0, 0.05) is 12.5 Å². The molecule has 17 heavy (non-hydrogen) atoms. The predicted octanol–water partition coefficient (Wildman–Crippen LogP) is 2.60. The lowest BCUT2D eigenvalue weighted by Crippen LogP contribution is -2.62. The molecule has 1 saturated heterocycles. The summed E-state index contributed by atoms with van der Waals surface area (Å²) in [7, 11) is 0. The molecule has 5 aliphatic rings. The van der Waals surface area contributed by atoms with Crippen LogP contribution in [0.3, 0.4) is 0 Å². The fourth-order valence-corrected chi connectivity index (χ4v) is 5.71. The minimum atomic E-state index is -0.353. The van der Waals surface area contributed by atoms with Crippen molar-refractivity contribution in [3.8, 4) is 0 Å². The summed E-state index contributed by atoms with van der Waals surface area (Å²) in [5, 5.41) is 11.3. The van der Waals surface area contributed by atoms with E-state index in [9.17, 15) is 5.11 Å². The average Bonchev–Trinajstić information content (AvgIpc) is 2.36. The summed E-state index contributed by atoms with van der Waals surface area (Å²) in [6, 6.07) is 0. The van der Waals surface area contributed by atoms with Gasteiger partial charge in [-0.05, 0) is 68.6 Å². The molecule has 1 atom stereocenters. The van der Waals surface area contributed by atoms with Crippen LogP contribution >= 0.6 is 0 Å². The minimum Gasteiger partial charge on any atom is -0.389 e. The molecule has 1 unspecified atom stereocenters. The summed E-state index contributed by atoms with van der Waals surface area (Å²) in [6.07, 6.45) is 9.03. The number of hydrogen-bond donors (Lipinski definition) is 1. The van der Waals surface area contributed by atoms with Gasteiger partial charge in [-0.15, -0.1) is 0 Å². The molecule has 2 heteroatoms. The number of hydrogen-bond acceptors (Lipinski definition) is 2. The molecule has 5 fully saturated rings. The van der Waals surface area contributed by atoms with Crippen LogP contribution in [-0.4, -0.2) is 23.9 Å². The topological polar surface area (TPSA) is 29.5 Å². The van der Waals surface area contributed by atoms with Crippen LogP contribution in [0.2, 0.25) is 0 Å². The maximum absolute atomic E-state index is 11.3. The normalized spacial score (nSPS) is 57.4. The van der Waals surface area contributed by atoms with E-state index in [-0.39, 0.29) is 5.60 Å². The molecule has 4 aliphatic carbocycles. The van der Waals surface area contributed by atoms with E-state index in [1.807, 2.05) is 0 Å². The molecular formula is C15H24O2. The molecular weight excluding hydrogens is 212 g/mol. The molecule has 1 aliphatic heterocycles. The number of aliphatic hydroxyl groups is 1. The molecule has 0 aromatic heterocycles. The maximum Gasteiger partial charge on any atom is 0.0754 e. The van der Waals surface area contributed by atoms with Gasteiger partial charge in [0.05, 0.1) is 12.2 Å². The van der Waals surface area contributed by atoms with E-state index in [0.29, 0.717) is 17.8 Å². The fraction of sp³-hybridized carbons (Fsp3) is 1.00. The first-order valence-electron chi connectivity index (χ1n) is 7.57. The summed E-state index contributed by atoms with van der Waals surface area (Å²) in [5.41, 5.74) is -0.353. The van der Waals surface area contributed by atoms with Crippen LogP contribution in [-0.2, 0) is 4.74 Å². The van der Waals surface area contributed by atoms with E-state index in [2.05, 4.69) is 0 Å². The molecule has 0 radical (unpaired) electrons. The fourth-order valence-electron chi connectivity index (χ4n) is 5.71. The van der Waals surface area contributed by atoms with Gasteiger partial charge >= 0.3 is 0 Å². The highest BCUT2D eigenvalue weighted by atomic mass is 16.5. The highest BCUT2D eigenvalue weighted by Crippen LogP contribution is 2.61. The van der Waals surface area contributed by atoms with Crippen molar-refractivity contribution in [1.29, 1.82) is 0 Å². The SMILES string of the molecule is OC1(C2CCCOC2)C2CC3CC(C2)CC1C3. The number of rotatable bonds is 1. The van der Waals surface area contributed by atoms with Crippen molar-refractivity contribution in [2.75, 3.05) is 13.2 Å². The first-order valence-corrected chi connectivity index (χ1v) is 7.57. The van der Waals surface area contributed by atoms with E-state index in [4.69, 9.17) is 4.74 Å². The lowest BCUT2D eigenvalue weighted by molar-refractivity contribution is -0.218. The summed E-state index contributed by atoms with van der Waals surface area (Å²) in [5.74, 6) is 3.53. The third kappa shape index (κ3) is 1.46. The Labute approximate surface area is 104 Å². The number of ether oxygens (including phenoxy) is 1. The molecule has 0 amide bonds. The molecule has 4 bridgehead atoms. The molecule has 0 aromatic carbocycles. The summed E-state index contributed by atoms with van der Waals surface area (Å²) in [4.78, 5) is 0. The second kappa shape index (κ2) is 3.71. The summed E-state index contributed by atoms with van der Waals surface area (Å²) >= 11 is 0. The Bertz CT molecular complexity index is 273. The highest BCUT2D eigenvalue weighted by molar-refractivity contribution is 5.09. The second-order valence-corrected chi connectivity index (χ2v) is 7.11. The molecule has 0 spiro atoms. The Kier molecular flexibility index (Phi) is 2.36. The largest absolute Gasteiger partial charge is 0.389 e. The second-order valence-electron chi connectivity index (χ2n) is 7.11. The van der Waals surface area contributed by atoms with Gasteiger partial charge in [0.25, 0.3) is 0 Å².